The molecule has 2 amide bonds. The maximum absolute atomic E-state index is 13.8. The second-order valence-corrected chi connectivity index (χ2v) is 12.4. The molecule has 3 heterocycles. The third-order valence-corrected chi connectivity index (χ3v) is 9.42. The summed E-state index contributed by atoms with van der Waals surface area (Å²) in [7, 11) is 2.07. The van der Waals surface area contributed by atoms with Crippen molar-refractivity contribution in [3.8, 4) is 11.5 Å². The van der Waals surface area contributed by atoms with Crippen LogP contribution in [0.1, 0.15) is 34.5 Å². The molecule has 0 radical (unpaired) electrons. The standard InChI is InChI=1S/C30H32Cl2N4O3S/c1-33-11-13-34(14-12-33)28(37)9-6-20-18-23(32)27(19-22(20)31)39-26-10-17-40-29(26)30(38)36-16-15-35(21-7-8-21)24-4-2-3-5-25(24)36/h2-5,10,17-19,21H,6-9,11-16H2,1H3. The molecule has 1 saturated heterocycles. The summed E-state index contributed by atoms with van der Waals surface area (Å²) in [5.74, 6) is 0.871. The number of thiophene rings is 1. The molecule has 10 heteroatoms. The highest BCUT2D eigenvalue weighted by molar-refractivity contribution is 7.12. The van der Waals surface area contributed by atoms with Crippen LogP contribution in [0.4, 0.5) is 11.4 Å². The number of para-hydroxylation sites is 2. The minimum atomic E-state index is -0.0887. The van der Waals surface area contributed by atoms with Gasteiger partial charge in [0.2, 0.25) is 5.91 Å². The first-order valence-electron chi connectivity index (χ1n) is 13.8. The Morgan fingerprint density at radius 3 is 2.42 bits per heavy atom. The largest absolute Gasteiger partial charge is 0.454 e. The summed E-state index contributed by atoms with van der Waals surface area (Å²) in [4.78, 5) is 35.4. The summed E-state index contributed by atoms with van der Waals surface area (Å²) in [5, 5.41) is 2.72. The van der Waals surface area contributed by atoms with Gasteiger partial charge in [-0.1, -0.05) is 35.3 Å². The van der Waals surface area contributed by atoms with Gasteiger partial charge in [-0.25, -0.2) is 0 Å². The quantitative estimate of drug-likeness (QED) is 0.325. The van der Waals surface area contributed by atoms with Crippen molar-refractivity contribution in [3.63, 3.8) is 0 Å². The number of rotatable bonds is 7. The van der Waals surface area contributed by atoms with Gasteiger partial charge in [0.15, 0.2) is 5.75 Å². The summed E-state index contributed by atoms with van der Waals surface area (Å²) >= 11 is 14.6. The fraction of sp³-hybridized carbons (Fsp3) is 0.400. The molecule has 7 nitrogen and oxygen atoms in total. The van der Waals surface area contributed by atoms with Gasteiger partial charge in [-0.2, -0.15) is 0 Å². The minimum absolute atomic E-state index is 0.0887. The molecule has 210 valence electrons. The molecule has 3 aromatic rings. The highest BCUT2D eigenvalue weighted by Crippen LogP contribution is 2.42. The second-order valence-electron chi connectivity index (χ2n) is 10.6. The average molecular weight is 600 g/mol. The van der Waals surface area contributed by atoms with E-state index in [2.05, 4.69) is 22.9 Å². The molecule has 0 atom stereocenters. The lowest BCUT2D eigenvalue weighted by atomic mass is 10.1. The zero-order valence-electron chi connectivity index (χ0n) is 22.4. The number of carbonyl (C=O) groups is 2. The first-order valence-corrected chi connectivity index (χ1v) is 15.4. The van der Waals surface area contributed by atoms with Crippen LogP contribution in [0.25, 0.3) is 0 Å². The molecule has 0 bridgehead atoms. The molecule has 3 aliphatic rings. The maximum Gasteiger partial charge on any atom is 0.272 e. The summed E-state index contributed by atoms with van der Waals surface area (Å²) in [6.45, 7) is 4.72. The van der Waals surface area contributed by atoms with Crippen molar-refractivity contribution in [2.24, 2.45) is 0 Å². The van der Waals surface area contributed by atoms with Crippen LogP contribution in [0, 0.1) is 0 Å². The number of hydrogen-bond donors (Lipinski definition) is 0. The third-order valence-electron chi connectivity index (χ3n) is 7.89. The van der Waals surface area contributed by atoms with Crippen LogP contribution in [-0.4, -0.2) is 74.0 Å². The fourth-order valence-corrected chi connectivity index (χ4v) is 6.67. The molecular weight excluding hydrogens is 567 g/mol. The number of ether oxygens (including phenoxy) is 1. The van der Waals surface area contributed by atoms with Gasteiger partial charge in [-0.15, -0.1) is 11.3 Å². The molecule has 2 aromatic carbocycles. The van der Waals surface area contributed by atoms with E-state index in [4.69, 9.17) is 27.9 Å². The van der Waals surface area contributed by atoms with Gasteiger partial charge in [0.05, 0.1) is 16.4 Å². The number of nitrogens with zero attached hydrogens (tertiary/aromatic N) is 4. The number of amides is 2. The molecule has 0 unspecified atom stereocenters. The van der Waals surface area contributed by atoms with E-state index in [0.717, 1.165) is 49.7 Å². The first kappa shape index (κ1) is 27.4. The number of carbonyl (C=O) groups excluding carboxylic acids is 2. The normalized spacial score (nSPS) is 17.6. The van der Waals surface area contributed by atoms with Crippen LogP contribution < -0.4 is 14.5 Å². The maximum atomic E-state index is 13.8. The predicted molar refractivity (Wildman–Crippen MR) is 162 cm³/mol. The van der Waals surface area contributed by atoms with Crippen LogP contribution in [0.5, 0.6) is 11.5 Å². The Bertz CT molecular complexity index is 1420. The zero-order valence-corrected chi connectivity index (χ0v) is 24.8. The number of piperazine rings is 1. The molecular formula is C30H32Cl2N4O3S. The highest BCUT2D eigenvalue weighted by Gasteiger charge is 2.36. The van der Waals surface area contributed by atoms with E-state index in [0.29, 0.717) is 51.8 Å². The molecule has 1 saturated carbocycles. The smallest absolute Gasteiger partial charge is 0.272 e. The lowest BCUT2D eigenvalue weighted by molar-refractivity contribution is -0.132. The second kappa shape index (κ2) is 11.6. The summed E-state index contributed by atoms with van der Waals surface area (Å²) in [5.41, 5.74) is 2.84. The summed E-state index contributed by atoms with van der Waals surface area (Å²) < 4.78 is 6.17. The Balaban J connectivity index is 1.15. The Kier molecular flexibility index (Phi) is 7.95. The fourth-order valence-electron chi connectivity index (χ4n) is 5.43. The molecule has 1 aliphatic carbocycles. The Hall–Kier alpha value is -2.78. The predicted octanol–water partition coefficient (Wildman–Crippen LogP) is 6.18. The van der Waals surface area contributed by atoms with Crippen molar-refractivity contribution in [2.45, 2.75) is 31.7 Å². The summed E-state index contributed by atoms with van der Waals surface area (Å²) in [6, 6.07) is 13.9. The van der Waals surface area contributed by atoms with E-state index < -0.39 is 0 Å². The lowest BCUT2D eigenvalue weighted by Gasteiger charge is -2.37. The highest BCUT2D eigenvalue weighted by atomic mass is 35.5. The molecule has 2 aliphatic heterocycles. The van der Waals surface area contributed by atoms with Gasteiger partial charge in [0.25, 0.3) is 5.91 Å². The number of hydrogen-bond acceptors (Lipinski definition) is 6. The lowest BCUT2D eigenvalue weighted by Crippen LogP contribution is -2.47. The van der Waals surface area contributed by atoms with Crippen LogP contribution in [0.15, 0.2) is 47.8 Å². The molecule has 0 spiro atoms. The van der Waals surface area contributed by atoms with Crippen molar-refractivity contribution in [3.05, 3.63) is 68.3 Å². The van der Waals surface area contributed by atoms with Gasteiger partial charge in [-0.3, -0.25) is 9.59 Å². The number of likely N-dealkylation sites (N-methyl/N-ethyl adjacent to an activating group) is 1. The first-order chi connectivity index (χ1) is 19.4. The van der Waals surface area contributed by atoms with E-state index in [1.54, 1.807) is 18.2 Å². The van der Waals surface area contributed by atoms with E-state index in [1.807, 2.05) is 33.4 Å². The SMILES string of the molecule is CN1CCN(C(=O)CCc2cc(Cl)c(Oc3ccsc3C(=O)N3CCN(C4CC4)c4ccccc43)cc2Cl)CC1. The minimum Gasteiger partial charge on any atom is -0.454 e. The Morgan fingerprint density at radius 1 is 0.925 bits per heavy atom. The van der Waals surface area contributed by atoms with Crippen LogP contribution in [-0.2, 0) is 11.2 Å². The van der Waals surface area contributed by atoms with Gasteiger partial charge in [0, 0.05) is 62.8 Å². The number of anilines is 2. The van der Waals surface area contributed by atoms with Crippen LogP contribution in [0.3, 0.4) is 0 Å². The number of aryl methyl sites for hydroxylation is 1. The Morgan fingerprint density at radius 2 is 1.68 bits per heavy atom. The Labute approximate surface area is 248 Å². The van der Waals surface area contributed by atoms with Gasteiger partial charge in [-0.05, 0) is 61.5 Å². The van der Waals surface area contributed by atoms with Crippen molar-refractivity contribution >= 4 is 57.7 Å². The zero-order chi connectivity index (χ0) is 27.8. The molecule has 2 fully saturated rings. The van der Waals surface area contributed by atoms with Gasteiger partial charge >= 0.3 is 0 Å². The number of benzene rings is 2. The van der Waals surface area contributed by atoms with Crippen LogP contribution >= 0.6 is 34.5 Å². The van der Waals surface area contributed by atoms with E-state index >= 15 is 0 Å². The van der Waals surface area contributed by atoms with Crippen molar-refractivity contribution in [1.82, 2.24) is 9.80 Å². The third kappa shape index (κ3) is 5.68. The molecule has 40 heavy (non-hydrogen) atoms. The number of fused-ring (bicyclic) bond motifs is 1. The monoisotopic (exact) mass is 598 g/mol. The summed E-state index contributed by atoms with van der Waals surface area (Å²) in [6.07, 6.45) is 3.29. The molecule has 1 aromatic heterocycles. The molecule has 0 N–H and O–H groups in total. The van der Waals surface area contributed by atoms with Gasteiger partial charge < -0.3 is 24.3 Å². The van der Waals surface area contributed by atoms with Gasteiger partial charge in [0.1, 0.15) is 10.6 Å². The average Bonchev–Trinajstić information content (AvgIpc) is 3.71. The van der Waals surface area contributed by atoms with E-state index in [-0.39, 0.29) is 11.8 Å². The molecule has 6 rings (SSSR count). The van der Waals surface area contributed by atoms with Crippen molar-refractivity contribution < 1.29 is 14.3 Å². The van der Waals surface area contributed by atoms with Crippen molar-refractivity contribution in [1.29, 1.82) is 0 Å². The van der Waals surface area contributed by atoms with E-state index in [1.165, 1.54) is 24.2 Å². The van der Waals surface area contributed by atoms with Crippen LogP contribution in [0.2, 0.25) is 10.0 Å². The van der Waals surface area contributed by atoms with E-state index in [9.17, 15) is 9.59 Å². The number of halogens is 2. The topological polar surface area (TPSA) is 56.3 Å². The van der Waals surface area contributed by atoms with Crippen molar-refractivity contribution in [2.75, 3.05) is 56.1 Å².